The summed E-state index contributed by atoms with van der Waals surface area (Å²) in [6.07, 6.45) is 15.3. The summed E-state index contributed by atoms with van der Waals surface area (Å²) < 4.78 is 0. The molecule has 1 fully saturated rings. The Kier molecular flexibility index (Phi) is 38.6. The lowest BCUT2D eigenvalue weighted by Gasteiger charge is -2.33. The lowest BCUT2D eigenvalue weighted by atomic mass is 9.84. The molecule has 5 amide bonds. The second-order valence-electron chi connectivity index (χ2n) is 32.7. The molecular weight excluding hydrogens is 1620 g/mol. The quantitative estimate of drug-likeness (QED) is 0.0165. The van der Waals surface area contributed by atoms with Crippen LogP contribution in [0.3, 0.4) is 0 Å². The third-order valence-electron chi connectivity index (χ3n) is 22.5. The van der Waals surface area contributed by atoms with Crippen molar-refractivity contribution in [3.8, 4) is 78.7 Å². The highest BCUT2D eigenvalue weighted by molar-refractivity contribution is 5.96. The lowest BCUT2D eigenvalue weighted by Crippen LogP contribution is -2.50. The summed E-state index contributed by atoms with van der Waals surface area (Å²) in [5.41, 5.74) is 19.2. The molecule has 674 valence electrons. The summed E-state index contributed by atoms with van der Waals surface area (Å²) in [7, 11) is 0. The molecule has 11 aromatic rings. The highest BCUT2D eigenvalue weighted by atomic mass is 16.4. The van der Waals surface area contributed by atoms with Crippen LogP contribution in [-0.2, 0) is 64.5 Å². The number of nitrogens with two attached hydrogens (primary N) is 1. The van der Waals surface area contributed by atoms with Crippen LogP contribution in [-0.4, -0.2) is 180 Å². The molecule has 1 aliphatic carbocycles. The van der Waals surface area contributed by atoms with Crippen LogP contribution in [0.25, 0.3) is 78.7 Å². The number of primary amides is 1. The number of hydrogen-bond donors (Lipinski definition) is 8. The lowest BCUT2D eigenvalue weighted by molar-refractivity contribution is -0.153. The number of aliphatic carboxylic acids is 3. The van der Waals surface area contributed by atoms with Gasteiger partial charge in [-0.1, -0.05) is 308 Å². The molecule has 0 unspecified atom stereocenters. The SMILES string of the molecule is CCCCC(=O)N(CC(=O)O)Cc1ccc(-c2ccccc2-c2nn[nH]n2)cc1.CCCCC(=O)N(Cc1ccc(-c2ccccc2-c2nn[nH]n2)cc1)[C@@H](CC1CCCCC1)C(=O)O.CCCCC(=O)N(Cc1ccc(-c2ccccc2-c2nn[nH]n2)cc1)[C@H](C(N)=O)C(C)C.CCCCCC(=O)N(Cc1ccc(-c2ccccc2C(=O)O)cc1)[C@H](C(=O)O)C(C)C. The Balaban J connectivity index is 0.000000193. The number of benzene rings is 8. The molecule has 0 radical (unpaired) electrons. The van der Waals surface area contributed by atoms with E-state index in [1.54, 1.807) is 47.9 Å². The summed E-state index contributed by atoms with van der Waals surface area (Å²) in [6.45, 7) is 16.3. The van der Waals surface area contributed by atoms with Gasteiger partial charge in [0.05, 0.1) is 5.56 Å². The minimum absolute atomic E-state index is 0.0455. The Hall–Kier alpha value is -13.8. The van der Waals surface area contributed by atoms with E-state index in [-0.39, 0.29) is 60.7 Å². The zero-order valence-electron chi connectivity index (χ0n) is 74.3. The van der Waals surface area contributed by atoms with Gasteiger partial charge < -0.3 is 45.8 Å². The van der Waals surface area contributed by atoms with Crippen LogP contribution in [0.1, 0.15) is 210 Å². The molecule has 0 saturated heterocycles. The highest BCUT2D eigenvalue weighted by Gasteiger charge is 2.36. The number of nitrogens with zero attached hydrogens (tertiary/aromatic N) is 13. The predicted molar refractivity (Wildman–Crippen MR) is 488 cm³/mol. The molecule has 8 aromatic carbocycles. The van der Waals surface area contributed by atoms with Crippen LogP contribution < -0.4 is 5.73 Å². The molecule has 30 nitrogen and oxygen atoms in total. The van der Waals surface area contributed by atoms with E-state index in [1.165, 1.54) is 16.2 Å². The topological polar surface area (TPSA) is 437 Å². The molecule has 9 N–H and O–H groups in total. The summed E-state index contributed by atoms with van der Waals surface area (Å²) >= 11 is 0. The van der Waals surface area contributed by atoms with Crippen LogP contribution >= 0.6 is 0 Å². The average molecular weight is 1740 g/mol. The third-order valence-corrected chi connectivity index (χ3v) is 22.5. The number of rotatable bonds is 41. The molecule has 0 aliphatic heterocycles. The molecule has 30 heteroatoms. The van der Waals surface area contributed by atoms with Crippen molar-refractivity contribution < 1.29 is 63.6 Å². The first kappa shape index (κ1) is 98.0. The van der Waals surface area contributed by atoms with Crippen molar-refractivity contribution in [3.05, 3.63) is 222 Å². The number of unbranched alkanes of at least 4 members (excludes halogenated alkanes) is 5. The number of carboxylic acid groups (broad SMARTS) is 4. The largest absolute Gasteiger partial charge is 0.480 e. The van der Waals surface area contributed by atoms with Crippen molar-refractivity contribution in [3.63, 3.8) is 0 Å². The second kappa shape index (κ2) is 50.4. The molecule has 3 atom stereocenters. The van der Waals surface area contributed by atoms with Gasteiger partial charge in [-0.2, -0.15) is 15.6 Å². The standard InChI is InChI=1S/C28H35N5O3.C25H31NO5.C24H30N6O2.C21H23N5O3/c1-2-3-13-26(34)33(25(28(35)36)18-20-9-5-4-6-10-20)19-21-14-16-22(17-15-21)23-11-7-8-12-24(23)27-29-31-32-30-27;1-4-5-6-11-22(27)26(23(17(2)3)25(30)31)16-18-12-14-19(15-13-18)20-9-7-8-10-21(20)24(28)29;1-4-5-10-21(31)30(22(16(2)3)23(25)32)15-17-11-13-18(14-12-17)19-8-6-7-9-20(19)24-26-28-29-27-24;1-2-3-8-19(27)26(14-20(28)29)13-15-9-11-16(12-10-15)17-6-4-5-7-18(17)21-22-24-25-23-21/h7-8,11-12,14-17,20,25H,2-6,9-10,13,18-19H2,1H3,(H,35,36)(H,29,30,31,32);7-10,12-15,17,23H,4-6,11,16H2,1-3H3,(H,28,29)(H,30,31);6-9,11-14,16,22H,4-5,10,15H2,1-3H3,(H2,25,32)(H,26,27,28,29);4-7,9-12H,2-3,8,13-14H2,1H3,(H,28,29)(H,22,23,24,25)/t25-;23-;22-;/m000./s1. The average Bonchev–Trinajstić information content (AvgIpc) is 1.49. The van der Waals surface area contributed by atoms with E-state index < -0.39 is 47.9 Å². The number of carbonyl (C=O) groups is 9. The number of tetrazole rings is 3. The molecule has 0 spiro atoms. The number of carboxylic acids is 4. The molecular formula is C98H119N17O13. The van der Waals surface area contributed by atoms with Crippen molar-refractivity contribution in [1.29, 1.82) is 0 Å². The Labute approximate surface area is 746 Å². The van der Waals surface area contributed by atoms with E-state index >= 15 is 0 Å². The predicted octanol–water partition coefficient (Wildman–Crippen LogP) is 17.2. The van der Waals surface area contributed by atoms with Gasteiger partial charge in [-0.15, -0.1) is 30.6 Å². The van der Waals surface area contributed by atoms with Crippen molar-refractivity contribution in [2.75, 3.05) is 6.54 Å². The number of H-pyrrole nitrogens is 3. The first-order valence-electron chi connectivity index (χ1n) is 44.1. The van der Waals surface area contributed by atoms with Crippen molar-refractivity contribution in [1.82, 2.24) is 81.5 Å². The molecule has 0 bridgehead atoms. The van der Waals surface area contributed by atoms with Gasteiger partial charge in [-0.05, 0) is 138 Å². The number of nitrogens with one attached hydrogen (secondary N) is 3. The fourth-order valence-electron chi connectivity index (χ4n) is 15.8. The van der Waals surface area contributed by atoms with Crippen LogP contribution in [0.5, 0.6) is 0 Å². The highest BCUT2D eigenvalue weighted by Crippen LogP contribution is 2.36. The summed E-state index contributed by atoms with van der Waals surface area (Å²) in [5.74, 6) is -3.19. The number of amides is 5. The fourth-order valence-corrected chi connectivity index (χ4v) is 15.8. The van der Waals surface area contributed by atoms with Gasteiger partial charge in [0, 0.05) is 68.6 Å². The van der Waals surface area contributed by atoms with Crippen molar-refractivity contribution in [2.24, 2.45) is 23.5 Å². The Bertz CT molecular complexity index is 5340. The smallest absolute Gasteiger partial charge is 0.336 e. The van der Waals surface area contributed by atoms with Gasteiger partial charge in [0.1, 0.15) is 24.7 Å². The van der Waals surface area contributed by atoms with Gasteiger partial charge in [0.2, 0.25) is 47.0 Å². The Morgan fingerprint density at radius 3 is 1.06 bits per heavy atom. The first-order chi connectivity index (χ1) is 61.8. The van der Waals surface area contributed by atoms with Crippen molar-refractivity contribution >= 4 is 53.4 Å². The zero-order chi connectivity index (χ0) is 92.0. The number of aromatic nitrogens is 12. The van der Waals surface area contributed by atoms with E-state index in [9.17, 15) is 58.5 Å². The second-order valence-corrected chi connectivity index (χ2v) is 32.7. The van der Waals surface area contributed by atoms with Crippen molar-refractivity contribution in [2.45, 2.75) is 222 Å². The number of hydrogen-bond acceptors (Lipinski definition) is 18. The third kappa shape index (κ3) is 28.6. The number of aromatic carboxylic acids is 1. The van der Waals surface area contributed by atoms with E-state index in [0.717, 1.165) is 161 Å². The number of carbonyl (C=O) groups excluding carboxylic acids is 5. The fraction of sp³-hybridized carbons (Fsp3) is 0.388. The van der Waals surface area contributed by atoms with Gasteiger partial charge >= 0.3 is 23.9 Å². The summed E-state index contributed by atoms with van der Waals surface area (Å²) in [5, 5.41) is 81.3. The minimum Gasteiger partial charge on any atom is -0.480 e. The van der Waals surface area contributed by atoms with Crippen LogP contribution in [0.2, 0.25) is 0 Å². The van der Waals surface area contributed by atoms with Crippen LogP contribution in [0.4, 0.5) is 0 Å². The molecule has 1 aliphatic rings. The van der Waals surface area contributed by atoms with Gasteiger partial charge in [0.15, 0.2) is 0 Å². The van der Waals surface area contributed by atoms with Gasteiger partial charge in [0.25, 0.3) is 0 Å². The molecule has 3 heterocycles. The maximum Gasteiger partial charge on any atom is 0.336 e. The van der Waals surface area contributed by atoms with E-state index in [4.69, 9.17) is 10.8 Å². The van der Waals surface area contributed by atoms with Crippen LogP contribution in [0, 0.1) is 17.8 Å². The summed E-state index contributed by atoms with van der Waals surface area (Å²) in [6, 6.07) is 58.7. The normalized spacial score (nSPS) is 12.5. The van der Waals surface area contributed by atoms with E-state index in [1.807, 2.05) is 204 Å². The maximum absolute atomic E-state index is 13.2. The zero-order valence-corrected chi connectivity index (χ0v) is 74.3. The first-order valence-corrected chi connectivity index (χ1v) is 44.1. The van der Waals surface area contributed by atoms with Crippen LogP contribution in [0.15, 0.2) is 194 Å². The molecule has 1 saturated carbocycles. The minimum atomic E-state index is -1.01. The molecule has 12 rings (SSSR count). The Morgan fingerprint density at radius 2 is 0.719 bits per heavy atom. The Morgan fingerprint density at radius 1 is 0.383 bits per heavy atom. The van der Waals surface area contributed by atoms with Gasteiger partial charge in [-0.3, -0.25) is 28.8 Å². The maximum atomic E-state index is 13.2. The molecule has 128 heavy (non-hydrogen) atoms. The monoisotopic (exact) mass is 1740 g/mol. The summed E-state index contributed by atoms with van der Waals surface area (Å²) in [4.78, 5) is 116. The van der Waals surface area contributed by atoms with E-state index in [0.29, 0.717) is 74.1 Å². The van der Waals surface area contributed by atoms with E-state index in [2.05, 4.69) is 68.8 Å². The number of aromatic amines is 3. The molecule has 3 aromatic heterocycles. The van der Waals surface area contributed by atoms with Gasteiger partial charge in [-0.25, -0.2) is 14.4 Å².